The Hall–Kier alpha value is -4.28. The van der Waals surface area contributed by atoms with E-state index in [0.29, 0.717) is 30.9 Å². The van der Waals surface area contributed by atoms with Crippen LogP contribution in [-0.2, 0) is 36.8 Å². The Morgan fingerprint density at radius 3 is 2.37 bits per heavy atom. The molecule has 0 spiro atoms. The van der Waals surface area contributed by atoms with Gasteiger partial charge in [0.1, 0.15) is 24.2 Å². The van der Waals surface area contributed by atoms with E-state index >= 15 is 0 Å². The minimum absolute atomic E-state index is 0.0911. The summed E-state index contributed by atoms with van der Waals surface area (Å²) < 4.78 is 0. The molecule has 5 atom stereocenters. The van der Waals surface area contributed by atoms with Crippen LogP contribution in [0.4, 0.5) is 5.69 Å². The van der Waals surface area contributed by atoms with Crippen LogP contribution in [-0.4, -0.2) is 114 Å². The zero-order valence-electron chi connectivity index (χ0n) is 29.7. The Balaban J connectivity index is 1.45. The lowest BCUT2D eigenvalue weighted by Gasteiger charge is -2.32. The van der Waals surface area contributed by atoms with Gasteiger partial charge in [-0.3, -0.25) is 33.9 Å². The van der Waals surface area contributed by atoms with Crippen LogP contribution in [0, 0.1) is 5.92 Å². The first-order valence-electron chi connectivity index (χ1n) is 18.0. The number of carbonyl (C=O) groups excluding carboxylic acids is 5. The standard InChI is InChI=1S/C35H55N9O7/c1-20(43(2)33(50)26(12-7-15-39-35(37)38)42-31(48)25(36)16-21-8-4-3-5-9-21)30(47)41-27-14-13-22-10-6-11-23-17-28(44(29(22)23)34(27)51)32(49)40-24(18-45)19-46/h6,10-11,20-21,24-28,45-46H,3-5,7-9,12-19,36H2,1-2H3,(H,40,49)(H,41,47)(H,42,48)(H4,37,38,39)/t20-,25-,26-,27-,28-/m0/s1. The van der Waals surface area contributed by atoms with Crippen LogP contribution in [0.2, 0.25) is 0 Å². The fraction of sp³-hybridized carbons (Fsp3) is 0.657. The van der Waals surface area contributed by atoms with Gasteiger partial charge in [-0.15, -0.1) is 0 Å². The molecule has 2 aliphatic heterocycles. The lowest BCUT2D eigenvalue weighted by molar-refractivity contribution is -0.142. The number of aliphatic hydroxyl groups is 2. The quantitative estimate of drug-likeness (QED) is 0.0560. The maximum atomic E-state index is 14.1. The summed E-state index contributed by atoms with van der Waals surface area (Å²) in [6, 6.07) is -0.0670. The summed E-state index contributed by atoms with van der Waals surface area (Å²) in [5.41, 5.74) is 19.5. The predicted octanol–water partition coefficient (Wildman–Crippen LogP) is -1.47. The Kier molecular flexibility index (Phi) is 14.2. The van der Waals surface area contributed by atoms with Gasteiger partial charge in [0, 0.05) is 20.0 Å². The lowest BCUT2D eigenvalue weighted by Crippen LogP contribution is -2.59. The molecule has 5 amide bonds. The first kappa shape index (κ1) is 39.5. The van der Waals surface area contributed by atoms with Crippen LogP contribution in [0.15, 0.2) is 23.2 Å². The van der Waals surface area contributed by atoms with E-state index < -0.39 is 79.0 Å². The largest absolute Gasteiger partial charge is 0.394 e. The van der Waals surface area contributed by atoms with Gasteiger partial charge in [-0.25, -0.2) is 0 Å². The first-order chi connectivity index (χ1) is 24.4. The average molecular weight is 714 g/mol. The number of para-hydroxylation sites is 1. The summed E-state index contributed by atoms with van der Waals surface area (Å²) >= 11 is 0. The zero-order chi connectivity index (χ0) is 37.2. The van der Waals surface area contributed by atoms with Crippen molar-refractivity contribution in [2.24, 2.45) is 28.1 Å². The van der Waals surface area contributed by atoms with Gasteiger partial charge >= 0.3 is 0 Å². The van der Waals surface area contributed by atoms with Gasteiger partial charge in [-0.2, -0.15) is 0 Å². The molecule has 16 heteroatoms. The van der Waals surface area contributed by atoms with Crippen molar-refractivity contribution in [1.82, 2.24) is 20.9 Å². The number of amides is 5. The van der Waals surface area contributed by atoms with Crippen LogP contribution in [0.1, 0.15) is 75.8 Å². The number of benzene rings is 1. The van der Waals surface area contributed by atoms with E-state index in [1.54, 1.807) is 0 Å². The molecule has 282 valence electrons. The van der Waals surface area contributed by atoms with Crippen molar-refractivity contribution < 1.29 is 34.2 Å². The van der Waals surface area contributed by atoms with Gasteiger partial charge in [-0.1, -0.05) is 50.3 Å². The van der Waals surface area contributed by atoms with E-state index in [2.05, 4.69) is 20.9 Å². The van der Waals surface area contributed by atoms with Crippen LogP contribution in [0.3, 0.4) is 0 Å². The molecule has 0 bridgehead atoms. The van der Waals surface area contributed by atoms with Gasteiger partial charge in [0.25, 0.3) is 0 Å². The van der Waals surface area contributed by atoms with Crippen molar-refractivity contribution in [3.8, 4) is 0 Å². The Morgan fingerprint density at radius 2 is 1.71 bits per heavy atom. The predicted molar refractivity (Wildman–Crippen MR) is 191 cm³/mol. The van der Waals surface area contributed by atoms with Gasteiger partial charge in [-0.05, 0) is 56.1 Å². The summed E-state index contributed by atoms with van der Waals surface area (Å²) in [4.78, 5) is 74.7. The molecule has 1 aliphatic carbocycles. The minimum atomic E-state index is -1.04. The van der Waals surface area contributed by atoms with E-state index in [0.717, 1.165) is 36.8 Å². The van der Waals surface area contributed by atoms with Crippen molar-refractivity contribution in [3.05, 3.63) is 29.3 Å². The second kappa shape index (κ2) is 18.3. The summed E-state index contributed by atoms with van der Waals surface area (Å²) in [7, 11) is 1.46. The van der Waals surface area contributed by atoms with E-state index in [4.69, 9.17) is 17.2 Å². The number of hydrogen-bond acceptors (Lipinski definition) is 9. The number of likely N-dealkylation sites (N-methyl/N-ethyl adjacent to an activating group) is 1. The Bertz CT molecular complexity index is 1440. The first-order valence-corrected chi connectivity index (χ1v) is 18.0. The maximum Gasteiger partial charge on any atom is 0.250 e. The summed E-state index contributed by atoms with van der Waals surface area (Å²) in [5.74, 6) is -2.28. The average Bonchev–Trinajstić information content (AvgIpc) is 3.46. The van der Waals surface area contributed by atoms with E-state index in [1.165, 1.54) is 30.2 Å². The fourth-order valence-electron chi connectivity index (χ4n) is 7.25. The highest BCUT2D eigenvalue weighted by molar-refractivity contribution is 6.08. The number of aliphatic imine (C=N–C) groups is 1. The van der Waals surface area contributed by atoms with Gasteiger partial charge in [0.15, 0.2) is 5.96 Å². The number of nitrogens with two attached hydrogens (primary N) is 3. The maximum absolute atomic E-state index is 14.1. The van der Waals surface area contributed by atoms with Crippen LogP contribution < -0.4 is 38.1 Å². The highest BCUT2D eigenvalue weighted by Crippen LogP contribution is 2.39. The van der Waals surface area contributed by atoms with E-state index in [-0.39, 0.29) is 31.8 Å². The molecule has 3 aliphatic rings. The molecule has 16 nitrogen and oxygen atoms in total. The number of aryl methyl sites for hydroxylation is 1. The fourth-order valence-corrected chi connectivity index (χ4v) is 7.25. The molecule has 0 radical (unpaired) electrons. The van der Waals surface area contributed by atoms with Crippen molar-refractivity contribution in [2.75, 3.05) is 31.7 Å². The molecular weight excluding hydrogens is 658 g/mol. The molecule has 0 aromatic heterocycles. The van der Waals surface area contributed by atoms with E-state index in [9.17, 15) is 34.2 Å². The van der Waals surface area contributed by atoms with Gasteiger partial charge < -0.3 is 48.3 Å². The van der Waals surface area contributed by atoms with Crippen molar-refractivity contribution in [1.29, 1.82) is 0 Å². The monoisotopic (exact) mass is 713 g/mol. The SMILES string of the molecule is C[C@@H](C(=O)N[C@H]1CCc2cccc3c2N(C1=O)[C@H](C(=O)NC(CO)CO)C3)N(C)C(=O)[C@H](CCCN=C(N)N)NC(=O)[C@@H](N)CC1CCCCC1. The van der Waals surface area contributed by atoms with Gasteiger partial charge in [0.05, 0.1) is 31.0 Å². The molecule has 0 unspecified atom stereocenters. The number of rotatable bonds is 16. The van der Waals surface area contributed by atoms with Gasteiger partial charge in [0.2, 0.25) is 29.5 Å². The molecule has 1 aromatic carbocycles. The lowest BCUT2D eigenvalue weighted by atomic mass is 9.85. The summed E-state index contributed by atoms with van der Waals surface area (Å²) in [6.07, 6.45) is 7.49. The number of anilines is 1. The number of guanidine groups is 1. The second-order valence-corrected chi connectivity index (χ2v) is 14.0. The summed E-state index contributed by atoms with van der Waals surface area (Å²) in [5, 5.41) is 27.2. The molecule has 11 N–H and O–H groups in total. The third-order valence-corrected chi connectivity index (χ3v) is 10.3. The molecule has 0 saturated heterocycles. The Labute approximate surface area is 298 Å². The minimum Gasteiger partial charge on any atom is -0.394 e. The van der Waals surface area contributed by atoms with Crippen LogP contribution in [0.25, 0.3) is 0 Å². The number of aliphatic hydroxyl groups excluding tert-OH is 2. The Morgan fingerprint density at radius 1 is 1.02 bits per heavy atom. The van der Waals surface area contributed by atoms with Crippen molar-refractivity contribution in [3.63, 3.8) is 0 Å². The van der Waals surface area contributed by atoms with Crippen molar-refractivity contribution >= 4 is 41.2 Å². The highest BCUT2D eigenvalue weighted by atomic mass is 16.3. The molecule has 1 aromatic rings. The normalized spacial score (nSPS) is 20.4. The van der Waals surface area contributed by atoms with Crippen LogP contribution in [0.5, 0.6) is 0 Å². The highest BCUT2D eigenvalue weighted by Gasteiger charge is 2.45. The smallest absolute Gasteiger partial charge is 0.250 e. The van der Waals surface area contributed by atoms with E-state index in [1.807, 2.05) is 18.2 Å². The topological polar surface area (TPSA) is 259 Å². The molecule has 1 saturated carbocycles. The van der Waals surface area contributed by atoms with Crippen LogP contribution >= 0.6 is 0 Å². The van der Waals surface area contributed by atoms with Crippen molar-refractivity contribution in [2.45, 2.75) is 114 Å². The molecular formula is C35H55N9O7. The third-order valence-electron chi connectivity index (χ3n) is 10.3. The molecule has 1 fully saturated rings. The summed E-state index contributed by atoms with van der Waals surface area (Å²) in [6.45, 7) is 0.820. The number of hydrogen-bond donors (Lipinski definition) is 8. The third kappa shape index (κ3) is 9.95. The number of nitrogens with one attached hydrogen (secondary N) is 3. The number of carbonyl (C=O) groups is 5. The molecule has 4 rings (SSSR count). The zero-order valence-corrected chi connectivity index (χ0v) is 29.7. The molecule has 51 heavy (non-hydrogen) atoms. The second-order valence-electron chi connectivity index (χ2n) is 14.0. The number of nitrogens with zero attached hydrogens (tertiary/aromatic N) is 3. The molecule has 2 heterocycles.